The number of carbonyl (C=O) groups excluding carboxylic acids is 1. The van der Waals surface area contributed by atoms with Crippen molar-refractivity contribution in [3.63, 3.8) is 0 Å². The van der Waals surface area contributed by atoms with Crippen LogP contribution in [0.2, 0.25) is 0 Å². The first kappa shape index (κ1) is 18.2. The third-order valence-corrected chi connectivity index (χ3v) is 4.97. The van der Waals surface area contributed by atoms with Gasteiger partial charge in [0.1, 0.15) is 5.75 Å². The molecule has 144 valence electrons. The number of anilines is 1. The number of carbonyl (C=O) groups is 1. The van der Waals surface area contributed by atoms with Crippen molar-refractivity contribution in [2.45, 2.75) is 38.5 Å². The largest absolute Gasteiger partial charge is 0.494 e. The Labute approximate surface area is 163 Å². The number of nitrogens with one attached hydrogen (secondary N) is 1. The highest BCUT2D eigenvalue weighted by atomic mass is 16.5. The zero-order chi connectivity index (χ0) is 19.3. The van der Waals surface area contributed by atoms with E-state index in [0.29, 0.717) is 23.9 Å². The van der Waals surface area contributed by atoms with E-state index in [1.54, 1.807) is 12.1 Å². The molecule has 1 N–H and O–H groups in total. The van der Waals surface area contributed by atoms with Crippen LogP contribution in [0.25, 0.3) is 11.4 Å². The minimum Gasteiger partial charge on any atom is -0.494 e. The predicted molar refractivity (Wildman–Crippen MR) is 107 cm³/mol. The quantitative estimate of drug-likeness (QED) is 0.651. The molecule has 0 spiro atoms. The van der Waals surface area contributed by atoms with E-state index in [9.17, 15) is 4.79 Å². The number of nitrogens with zero attached hydrogens (tertiary/aromatic N) is 2. The molecule has 0 unspecified atom stereocenters. The normalized spacial score (nSPS) is 14.2. The highest BCUT2D eigenvalue weighted by molar-refractivity contribution is 6.04. The Morgan fingerprint density at radius 3 is 2.50 bits per heavy atom. The van der Waals surface area contributed by atoms with Gasteiger partial charge in [-0.3, -0.25) is 4.79 Å². The minimum atomic E-state index is -0.171. The van der Waals surface area contributed by atoms with Gasteiger partial charge in [0.2, 0.25) is 11.7 Å². The molecule has 1 amide bonds. The summed E-state index contributed by atoms with van der Waals surface area (Å²) in [7, 11) is 0. The first-order valence-electron chi connectivity index (χ1n) is 9.71. The SMILES string of the molecule is CCOc1ccc(NC(=O)c2ccc(-c3noc(C4CCCC4)n3)cc2)cc1. The van der Waals surface area contributed by atoms with Gasteiger partial charge in [0.15, 0.2) is 0 Å². The van der Waals surface area contributed by atoms with E-state index in [2.05, 4.69) is 15.5 Å². The monoisotopic (exact) mass is 377 g/mol. The molecule has 6 nitrogen and oxygen atoms in total. The van der Waals surface area contributed by atoms with E-state index in [1.807, 2.05) is 43.3 Å². The van der Waals surface area contributed by atoms with Crippen LogP contribution in [-0.4, -0.2) is 22.7 Å². The maximum atomic E-state index is 12.5. The highest BCUT2D eigenvalue weighted by Crippen LogP contribution is 2.33. The van der Waals surface area contributed by atoms with Crippen molar-refractivity contribution in [1.82, 2.24) is 10.1 Å². The van der Waals surface area contributed by atoms with E-state index < -0.39 is 0 Å². The molecule has 0 radical (unpaired) electrons. The van der Waals surface area contributed by atoms with Crippen molar-refractivity contribution in [3.8, 4) is 17.1 Å². The fourth-order valence-corrected chi connectivity index (χ4v) is 3.47. The molecule has 1 fully saturated rings. The van der Waals surface area contributed by atoms with Crippen LogP contribution in [0, 0.1) is 0 Å². The Morgan fingerprint density at radius 2 is 1.82 bits per heavy atom. The summed E-state index contributed by atoms with van der Waals surface area (Å²) in [6, 6.07) is 14.5. The summed E-state index contributed by atoms with van der Waals surface area (Å²) in [5, 5.41) is 6.98. The van der Waals surface area contributed by atoms with Gasteiger partial charge in [-0.2, -0.15) is 4.98 Å². The lowest BCUT2D eigenvalue weighted by molar-refractivity contribution is 0.102. The van der Waals surface area contributed by atoms with Crippen molar-refractivity contribution < 1.29 is 14.1 Å². The van der Waals surface area contributed by atoms with Gasteiger partial charge >= 0.3 is 0 Å². The van der Waals surface area contributed by atoms with Crippen LogP contribution >= 0.6 is 0 Å². The van der Waals surface area contributed by atoms with Gasteiger partial charge in [0.25, 0.3) is 5.91 Å². The number of hydrogen-bond donors (Lipinski definition) is 1. The van der Waals surface area contributed by atoms with Gasteiger partial charge in [-0.1, -0.05) is 30.1 Å². The van der Waals surface area contributed by atoms with Crippen LogP contribution in [0.3, 0.4) is 0 Å². The van der Waals surface area contributed by atoms with Gasteiger partial charge in [-0.25, -0.2) is 0 Å². The number of rotatable bonds is 6. The smallest absolute Gasteiger partial charge is 0.255 e. The van der Waals surface area contributed by atoms with Crippen molar-refractivity contribution in [2.24, 2.45) is 0 Å². The zero-order valence-corrected chi connectivity index (χ0v) is 15.9. The van der Waals surface area contributed by atoms with Crippen molar-refractivity contribution in [1.29, 1.82) is 0 Å². The van der Waals surface area contributed by atoms with Gasteiger partial charge in [-0.15, -0.1) is 0 Å². The molecule has 4 rings (SSSR count). The molecule has 3 aromatic rings. The Hall–Kier alpha value is -3.15. The molecular formula is C22H23N3O3. The van der Waals surface area contributed by atoms with Gasteiger partial charge < -0.3 is 14.6 Å². The molecule has 1 heterocycles. The average Bonchev–Trinajstić information content (AvgIpc) is 3.42. The van der Waals surface area contributed by atoms with Crippen LogP contribution in [0.5, 0.6) is 5.75 Å². The third-order valence-electron chi connectivity index (χ3n) is 4.97. The molecule has 1 aliphatic carbocycles. The summed E-state index contributed by atoms with van der Waals surface area (Å²) in [4.78, 5) is 17.0. The first-order chi connectivity index (χ1) is 13.7. The van der Waals surface area contributed by atoms with E-state index in [-0.39, 0.29) is 5.91 Å². The fraction of sp³-hybridized carbons (Fsp3) is 0.318. The van der Waals surface area contributed by atoms with E-state index >= 15 is 0 Å². The van der Waals surface area contributed by atoms with Crippen LogP contribution < -0.4 is 10.1 Å². The molecule has 1 saturated carbocycles. The van der Waals surface area contributed by atoms with Gasteiger partial charge in [0, 0.05) is 22.7 Å². The lowest BCUT2D eigenvalue weighted by Gasteiger charge is -2.07. The zero-order valence-electron chi connectivity index (χ0n) is 15.9. The molecular weight excluding hydrogens is 354 g/mol. The van der Waals surface area contributed by atoms with Crippen LogP contribution in [0.1, 0.15) is 54.8 Å². The Morgan fingerprint density at radius 1 is 1.11 bits per heavy atom. The topological polar surface area (TPSA) is 77.2 Å². The van der Waals surface area contributed by atoms with Gasteiger partial charge in [0.05, 0.1) is 6.61 Å². The average molecular weight is 377 g/mol. The maximum Gasteiger partial charge on any atom is 0.255 e. The molecule has 6 heteroatoms. The fourth-order valence-electron chi connectivity index (χ4n) is 3.47. The van der Waals surface area contributed by atoms with E-state index in [4.69, 9.17) is 9.26 Å². The van der Waals surface area contributed by atoms with Gasteiger partial charge in [-0.05, 0) is 56.2 Å². The Kier molecular flexibility index (Phi) is 5.37. The van der Waals surface area contributed by atoms with Crippen LogP contribution in [-0.2, 0) is 0 Å². The van der Waals surface area contributed by atoms with Crippen LogP contribution in [0.4, 0.5) is 5.69 Å². The van der Waals surface area contributed by atoms with Crippen molar-refractivity contribution in [2.75, 3.05) is 11.9 Å². The summed E-state index contributed by atoms with van der Waals surface area (Å²) >= 11 is 0. The number of ether oxygens (including phenoxy) is 1. The first-order valence-corrected chi connectivity index (χ1v) is 9.71. The second-order valence-corrected chi connectivity index (χ2v) is 6.93. The molecule has 1 aromatic heterocycles. The summed E-state index contributed by atoms with van der Waals surface area (Å²) in [6.07, 6.45) is 4.68. The summed E-state index contributed by atoms with van der Waals surface area (Å²) in [6.45, 7) is 2.55. The van der Waals surface area contributed by atoms with Crippen molar-refractivity contribution >= 4 is 11.6 Å². The Bertz CT molecular complexity index is 926. The number of amides is 1. The minimum absolute atomic E-state index is 0.171. The highest BCUT2D eigenvalue weighted by Gasteiger charge is 2.23. The lowest BCUT2D eigenvalue weighted by Crippen LogP contribution is -2.11. The number of hydrogen-bond acceptors (Lipinski definition) is 5. The number of benzene rings is 2. The molecule has 0 bridgehead atoms. The molecule has 1 aliphatic rings. The third kappa shape index (κ3) is 4.06. The number of aromatic nitrogens is 2. The standard InChI is InChI=1S/C22H23N3O3/c1-2-27-19-13-11-18(12-14-19)23-21(26)16-9-7-15(8-10-16)20-24-22(28-25-20)17-5-3-4-6-17/h7-14,17H,2-6H2,1H3,(H,23,26). The molecule has 0 aliphatic heterocycles. The molecule has 28 heavy (non-hydrogen) atoms. The lowest BCUT2D eigenvalue weighted by atomic mass is 10.1. The van der Waals surface area contributed by atoms with Crippen molar-refractivity contribution in [3.05, 3.63) is 60.0 Å². The second-order valence-electron chi connectivity index (χ2n) is 6.93. The van der Waals surface area contributed by atoms with E-state index in [1.165, 1.54) is 12.8 Å². The van der Waals surface area contributed by atoms with Crippen LogP contribution in [0.15, 0.2) is 53.1 Å². The Balaban J connectivity index is 1.41. The maximum absolute atomic E-state index is 12.5. The summed E-state index contributed by atoms with van der Waals surface area (Å²) < 4.78 is 10.8. The molecule has 0 saturated heterocycles. The predicted octanol–water partition coefficient (Wildman–Crippen LogP) is 5.05. The molecule has 0 atom stereocenters. The van der Waals surface area contributed by atoms with E-state index in [0.717, 1.165) is 35.7 Å². The molecule has 2 aromatic carbocycles. The summed E-state index contributed by atoms with van der Waals surface area (Å²) in [5.41, 5.74) is 2.12. The summed E-state index contributed by atoms with van der Waals surface area (Å²) in [5.74, 6) is 2.29. The second kappa shape index (κ2) is 8.25.